The van der Waals surface area contributed by atoms with Gasteiger partial charge in [0, 0.05) is 38.8 Å². The van der Waals surface area contributed by atoms with Crippen LogP contribution in [-0.4, -0.2) is 73.0 Å². The number of nitrogens with zero attached hydrogens (tertiary/aromatic N) is 2. The largest absolute Gasteiger partial charge is 0.480 e. The Labute approximate surface area is 137 Å². The SMILES string of the molecule is CC1CN(Cc2ccccc2)CCN1CCS(=O)(=O)CC(=O)O. The van der Waals surface area contributed by atoms with E-state index >= 15 is 0 Å². The quantitative estimate of drug-likeness (QED) is 0.787. The first-order valence-corrected chi connectivity index (χ1v) is 9.60. The monoisotopic (exact) mass is 340 g/mol. The van der Waals surface area contributed by atoms with E-state index in [1.807, 2.05) is 18.2 Å². The summed E-state index contributed by atoms with van der Waals surface area (Å²) in [5, 5.41) is 8.61. The van der Waals surface area contributed by atoms with Crippen LogP contribution in [0.3, 0.4) is 0 Å². The van der Waals surface area contributed by atoms with Crippen molar-refractivity contribution >= 4 is 15.8 Å². The summed E-state index contributed by atoms with van der Waals surface area (Å²) < 4.78 is 23.4. The van der Waals surface area contributed by atoms with Crippen LogP contribution in [0, 0.1) is 0 Å². The lowest BCUT2D eigenvalue weighted by atomic mass is 10.1. The summed E-state index contributed by atoms with van der Waals surface area (Å²) in [6.45, 7) is 5.95. The molecule has 1 unspecified atom stereocenters. The molecule has 0 aliphatic carbocycles. The summed E-state index contributed by atoms with van der Waals surface area (Å²) in [4.78, 5) is 15.0. The maximum atomic E-state index is 11.7. The van der Waals surface area contributed by atoms with Crippen molar-refractivity contribution in [1.29, 1.82) is 0 Å². The van der Waals surface area contributed by atoms with Gasteiger partial charge in [0.15, 0.2) is 9.84 Å². The molecule has 2 rings (SSSR count). The summed E-state index contributed by atoms with van der Waals surface area (Å²) in [5.74, 6) is -2.16. The first-order valence-electron chi connectivity index (χ1n) is 7.78. The molecule has 128 valence electrons. The molecular weight excluding hydrogens is 316 g/mol. The predicted octanol–water partition coefficient (Wildman–Crippen LogP) is 0.692. The average molecular weight is 340 g/mol. The second-order valence-electron chi connectivity index (χ2n) is 6.09. The second kappa shape index (κ2) is 7.90. The molecule has 1 aliphatic heterocycles. The lowest BCUT2D eigenvalue weighted by Gasteiger charge is -2.39. The van der Waals surface area contributed by atoms with Crippen molar-refractivity contribution < 1.29 is 18.3 Å². The van der Waals surface area contributed by atoms with Crippen LogP contribution in [0.15, 0.2) is 30.3 Å². The number of carbonyl (C=O) groups is 1. The van der Waals surface area contributed by atoms with E-state index in [2.05, 4.69) is 28.9 Å². The topological polar surface area (TPSA) is 77.9 Å². The Morgan fingerprint density at radius 3 is 2.57 bits per heavy atom. The van der Waals surface area contributed by atoms with Gasteiger partial charge in [-0.05, 0) is 12.5 Å². The second-order valence-corrected chi connectivity index (χ2v) is 8.28. The first kappa shape index (κ1) is 17.9. The number of hydrogen-bond acceptors (Lipinski definition) is 5. The van der Waals surface area contributed by atoms with Gasteiger partial charge in [0.05, 0.1) is 5.75 Å². The molecule has 1 N–H and O–H groups in total. The minimum atomic E-state index is -3.52. The Bertz CT molecular complexity index is 618. The predicted molar refractivity (Wildman–Crippen MR) is 89.0 cm³/mol. The van der Waals surface area contributed by atoms with Crippen molar-refractivity contribution in [2.45, 2.75) is 19.5 Å². The number of carboxylic acids is 1. The van der Waals surface area contributed by atoms with Crippen LogP contribution in [0.1, 0.15) is 12.5 Å². The fraction of sp³-hybridized carbons (Fsp3) is 0.562. The van der Waals surface area contributed by atoms with E-state index in [1.54, 1.807) is 0 Å². The first-order chi connectivity index (χ1) is 10.9. The number of rotatable bonds is 7. The number of carboxylic acid groups (broad SMARTS) is 1. The maximum absolute atomic E-state index is 11.7. The van der Waals surface area contributed by atoms with E-state index in [1.165, 1.54) is 5.56 Å². The van der Waals surface area contributed by atoms with Crippen molar-refractivity contribution in [3.63, 3.8) is 0 Å². The molecule has 0 aromatic heterocycles. The molecule has 1 heterocycles. The third-order valence-electron chi connectivity index (χ3n) is 4.13. The summed E-state index contributed by atoms with van der Waals surface area (Å²) in [5.41, 5.74) is 1.28. The lowest BCUT2D eigenvalue weighted by Crippen LogP contribution is -2.52. The van der Waals surface area contributed by atoms with Gasteiger partial charge in [-0.2, -0.15) is 0 Å². The standard InChI is InChI=1S/C16H24N2O4S/c1-14-11-17(12-15-5-3-2-4-6-15)7-8-18(14)9-10-23(21,22)13-16(19)20/h2-6,14H,7-13H2,1H3,(H,19,20). The van der Waals surface area contributed by atoms with E-state index in [4.69, 9.17) is 5.11 Å². The van der Waals surface area contributed by atoms with E-state index in [0.29, 0.717) is 6.54 Å². The molecule has 6 nitrogen and oxygen atoms in total. The molecule has 1 atom stereocenters. The highest BCUT2D eigenvalue weighted by Crippen LogP contribution is 2.13. The highest BCUT2D eigenvalue weighted by Gasteiger charge is 2.25. The fourth-order valence-corrected chi connectivity index (χ4v) is 3.94. The van der Waals surface area contributed by atoms with Crippen LogP contribution in [0.2, 0.25) is 0 Å². The van der Waals surface area contributed by atoms with Crippen molar-refractivity contribution in [2.24, 2.45) is 0 Å². The Morgan fingerprint density at radius 1 is 1.26 bits per heavy atom. The zero-order valence-corrected chi connectivity index (χ0v) is 14.2. The smallest absolute Gasteiger partial charge is 0.318 e. The number of benzene rings is 1. The van der Waals surface area contributed by atoms with Gasteiger partial charge in [0.25, 0.3) is 0 Å². The Hall–Kier alpha value is -1.44. The highest BCUT2D eigenvalue weighted by atomic mass is 32.2. The third kappa shape index (κ3) is 5.93. The van der Waals surface area contributed by atoms with Gasteiger partial charge in [0.1, 0.15) is 5.75 Å². The molecule has 0 saturated carbocycles. The zero-order chi connectivity index (χ0) is 16.9. The molecule has 7 heteroatoms. The minimum absolute atomic E-state index is 0.0949. The Morgan fingerprint density at radius 2 is 1.96 bits per heavy atom. The molecule has 1 aliphatic rings. The number of piperazine rings is 1. The Kier molecular flexibility index (Phi) is 6.15. The number of aliphatic carboxylic acids is 1. The van der Waals surface area contributed by atoms with Crippen molar-refractivity contribution in [3.8, 4) is 0 Å². The Balaban J connectivity index is 1.81. The van der Waals surface area contributed by atoms with Gasteiger partial charge in [-0.15, -0.1) is 0 Å². The zero-order valence-electron chi connectivity index (χ0n) is 13.4. The molecular formula is C16H24N2O4S. The molecule has 1 fully saturated rings. The van der Waals surface area contributed by atoms with Crippen molar-refractivity contribution in [3.05, 3.63) is 35.9 Å². The van der Waals surface area contributed by atoms with Crippen molar-refractivity contribution in [1.82, 2.24) is 9.80 Å². The van der Waals surface area contributed by atoms with Crippen molar-refractivity contribution in [2.75, 3.05) is 37.7 Å². The van der Waals surface area contributed by atoms with Crippen LogP contribution in [0.4, 0.5) is 0 Å². The average Bonchev–Trinajstić information content (AvgIpc) is 2.46. The van der Waals surface area contributed by atoms with Gasteiger partial charge in [-0.3, -0.25) is 14.6 Å². The fourth-order valence-electron chi connectivity index (χ4n) is 2.90. The van der Waals surface area contributed by atoms with Crippen LogP contribution >= 0.6 is 0 Å². The number of sulfone groups is 1. The molecule has 0 radical (unpaired) electrons. The molecule has 0 bridgehead atoms. The minimum Gasteiger partial charge on any atom is -0.480 e. The summed E-state index contributed by atoms with van der Waals surface area (Å²) in [6.07, 6.45) is 0. The molecule has 1 aromatic carbocycles. The van der Waals surface area contributed by atoms with Crippen LogP contribution in [-0.2, 0) is 21.2 Å². The summed E-state index contributed by atoms with van der Waals surface area (Å²) >= 11 is 0. The van der Waals surface area contributed by atoms with Gasteiger partial charge < -0.3 is 5.11 Å². The molecule has 0 spiro atoms. The van der Waals surface area contributed by atoms with Gasteiger partial charge in [0.2, 0.25) is 0 Å². The summed E-state index contributed by atoms with van der Waals surface area (Å²) in [6, 6.07) is 10.5. The van der Waals surface area contributed by atoms with E-state index in [-0.39, 0.29) is 11.8 Å². The van der Waals surface area contributed by atoms with Gasteiger partial charge in [-0.1, -0.05) is 30.3 Å². The number of hydrogen-bond donors (Lipinski definition) is 1. The van der Waals surface area contributed by atoms with Crippen LogP contribution in [0.25, 0.3) is 0 Å². The lowest BCUT2D eigenvalue weighted by molar-refractivity contribution is -0.134. The van der Waals surface area contributed by atoms with E-state index in [9.17, 15) is 13.2 Å². The maximum Gasteiger partial charge on any atom is 0.318 e. The highest BCUT2D eigenvalue weighted by molar-refractivity contribution is 7.92. The summed E-state index contributed by atoms with van der Waals surface area (Å²) in [7, 11) is -3.52. The van der Waals surface area contributed by atoms with Gasteiger partial charge >= 0.3 is 5.97 Å². The molecule has 1 saturated heterocycles. The molecule has 1 aromatic rings. The molecule has 23 heavy (non-hydrogen) atoms. The van der Waals surface area contributed by atoms with Crippen LogP contribution < -0.4 is 0 Å². The van der Waals surface area contributed by atoms with E-state index in [0.717, 1.165) is 26.2 Å². The van der Waals surface area contributed by atoms with E-state index < -0.39 is 21.6 Å². The normalized spacial score (nSPS) is 20.5. The van der Waals surface area contributed by atoms with Crippen LogP contribution in [0.5, 0.6) is 0 Å². The molecule has 0 amide bonds. The van der Waals surface area contributed by atoms with Gasteiger partial charge in [-0.25, -0.2) is 8.42 Å². The third-order valence-corrected chi connectivity index (χ3v) is 5.62.